The molecule has 0 unspecified atom stereocenters. The molecule has 0 aliphatic carbocycles. The average molecular weight is 266 g/mol. The van der Waals surface area contributed by atoms with Crippen LogP contribution in [0.5, 0.6) is 0 Å². The number of hydrogen-bond acceptors (Lipinski definition) is 0. The predicted octanol–water partition coefficient (Wildman–Crippen LogP) is 7.24. The molecule has 0 saturated carbocycles. The van der Waals surface area contributed by atoms with Crippen LogP contribution >= 0.6 is 0 Å². The molecule has 19 heavy (non-hydrogen) atoms. The van der Waals surface area contributed by atoms with Crippen LogP contribution in [0.15, 0.2) is 5.57 Å². The normalized spacial score (nSPS) is 10.7. The molecule has 0 N–H and O–H groups in total. The van der Waals surface area contributed by atoms with E-state index in [1.54, 1.807) is 0 Å². The quantitative estimate of drug-likeness (QED) is 0.290. The Hall–Kier alpha value is -0.260. The van der Waals surface area contributed by atoms with Gasteiger partial charge in [0.05, 0.1) is 0 Å². The van der Waals surface area contributed by atoms with Crippen molar-refractivity contribution in [3.63, 3.8) is 0 Å². The van der Waals surface area contributed by atoms with Crippen molar-refractivity contribution in [2.45, 2.75) is 111 Å². The standard InChI is InChI=1S/C19H37/c1-4-5-6-7-8-9-10-11-12-13-14-15-16-17-18-19(2)3/h4-17H2,1-3H3. The molecule has 0 aliphatic heterocycles. The van der Waals surface area contributed by atoms with Gasteiger partial charge in [0, 0.05) is 0 Å². The van der Waals surface area contributed by atoms with Crippen molar-refractivity contribution in [2.75, 3.05) is 0 Å². The Labute approximate surface area is 123 Å². The molecule has 1 radical (unpaired) electrons. The van der Waals surface area contributed by atoms with Crippen LogP contribution in [-0.2, 0) is 0 Å². The topological polar surface area (TPSA) is 0 Å². The Morgan fingerprint density at radius 1 is 0.579 bits per heavy atom. The van der Waals surface area contributed by atoms with Crippen molar-refractivity contribution >= 4 is 0 Å². The Balaban J connectivity index is 2.97. The lowest BCUT2D eigenvalue weighted by Crippen LogP contribution is -1.83. The molecule has 0 spiro atoms. The van der Waals surface area contributed by atoms with Crippen molar-refractivity contribution in [1.29, 1.82) is 0 Å². The van der Waals surface area contributed by atoms with Crippen LogP contribution in [0.1, 0.15) is 111 Å². The highest BCUT2D eigenvalue weighted by Crippen LogP contribution is 2.13. The third-order valence-corrected chi connectivity index (χ3v) is 3.76. The first-order chi connectivity index (χ1) is 9.27. The van der Waals surface area contributed by atoms with Gasteiger partial charge in [0.15, 0.2) is 0 Å². The molecule has 0 heterocycles. The molecular weight excluding hydrogens is 228 g/mol. The van der Waals surface area contributed by atoms with Gasteiger partial charge < -0.3 is 0 Å². The zero-order valence-electron chi connectivity index (χ0n) is 13.9. The molecule has 113 valence electrons. The fourth-order valence-electron chi connectivity index (χ4n) is 2.48. The molecule has 0 aliphatic rings. The first-order valence-corrected chi connectivity index (χ1v) is 8.81. The fraction of sp³-hybridized carbons (Fsp3) is 0.895. The van der Waals surface area contributed by atoms with Gasteiger partial charge in [0.1, 0.15) is 0 Å². The highest BCUT2D eigenvalue weighted by Gasteiger charge is 1.93. The molecule has 0 bridgehead atoms. The van der Waals surface area contributed by atoms with Gasteiger partial charge in [-0.25, -0.2) is 0 Å². The second kappa shape index (κ2) is 15.8. The lowest BCUT2D eigenvalue weighted by Gasteiger charge is -2.02. The maximum Gasteiger partial charge on any atom is -0.0277 e. The highest BCUT2D eigenvalue weighted by molar-refractivity contribution is 4.85. The summed E-state index contributed by atoms with van der Waals surface area (Å²) in [6.07, 6.45) is 23.2. The van der Waals surface area contributed by atoms with E-state index in [1.807, 2.05) is 0 Å². The first-order valence-electron chi connectivity index (χ1n) is 8.81. The van der Waals surface area contributed by atoms with E-state index in [0.717, 1.165) is 0 Å². The number of rotatable bonds is 14. The second-order valence-corrected chi connectivity index (χ2v) is 6.17. The second-order valence-electron chi connectivity index (χ2n) is 6.17. The summed E-state index contributed by atoms with van der Waals surface area (Å²) in [4.78, 5) is 0. The molecule has 0 fully saturated rings. The van der Waals surface area contributed by atoms with Gasteiger partial charge in [-0.3, -0.25) is 0 Å². The van der Waals surface area contributed by atoms with E-state index in [2.05, 4.69) is 26.8 Å². The summed E-state index contributed by atoms with van der Waals surface area (Å²) in [6.45, 7) is 6.57. The van der Waals surface area contributed by atoms with Gasteiger partial charge in [-0.1, -0.05) is 89.5 Å². The maximum absolute atomic E-state index is 3.40. The zero-order chi connectivity index (χ0) is 14.2. The Bertz CT molecular complexity index is 186. The molecule has 0 aromatic heterocycles. The number of allylic oxidation sites excluding steroid dienone is 2. The average Bonchev–Trinajstić information content (AvgIpc) is 2.39. The van der Waals surface area contributed by atoms with Crippen molar-refractivity contribution in [1.82, 2.24) is 0 Å². The Kier molecular flexibility index (Phi) is 15.6. The minimum atomic E-state index is 1.17. The lowest BCUT2D eigenvalue weighted by molar-refractivity contribution is 0.539. The SMILES string of the molecule is CCCCCCCCCCCCCCC[C]=C(C)C. The number of unbranched alkanes of at least 4 members (excludes halogenated alkanes) is 13. The van der Waals surface area contributed by atoms with Gasteiger partial charge in [-0.05, 0) is 32.8 Å². The van der Waals surface area contributed by atoms with Crippen molar-refractivity contribution < 1.29 is 0 Å². The van der Waals surface area contributed by atoms with Crippen molar-refractivity contribution in [2.24, 2.45) is 0 Å². The van der Waals surface area contributed by atoms with E-state index >= 15 is 0 Å². The van der Waals surface area contributed by atoms with E-state index in [-0.39, 0.29) is 0 Å². The minimum Gasteiger partial charge on any atom is -0.0730 e. The van der Waals surface area contributed by atoms with Gasteiger partial charge in [-0.15, -0.1) is 0 Å². The molecule has 0 amide bonds. The van der Waals surface area contributed by atoms with Crippen LogP contribution in [0.25, 0.3) is 0 Å². The Morgan fingerprint density at radius 3 is 1.32 bits per heavy atom. The molecule has 0 aromatic rings. The molecule has 0 rings (SSSR count). The van der Waals surface area contributed by atoms with E-state index < -0.39 is 0 Å². The summed E-state index contributed by atoms with van der Waals surface area (Å²) in [5, 5.41) is 0. The highest BCUT2D eigenvalue weighted by atomic mass is 14.0. The third-order valence-electron chi connectivity index (χ3n) is 3.76. The summed E-state index contributed by atoms with van der Waals surface area (Å²) < 4.78 is 0. The van der Waals surface area contributed by atoms with Crippen LogP contribution < -0.4 is 0 Å². The summed E-state index contributed by atoms with van der Waals surface area (Å²) in [5.74, 6) is 0. The van der Waals surface area contributed by atoms with Gasteiger partial charge in [0.25, 0.3) is 0 Å². The monoisotopic (exact) mass is 265 g/mol. The van der Waals surface area contributed by atoms with Gasteiger partial charge in [0.2, 0.25) is 0 Å². The van der Waals surface area contributed by atoms with Crippen LogP contribution in [0, 0.1) is 6.08 Å². The third kappa shape index (κ3) is 17.7. The molecule has 0 aromatic carbocycles. The molecule has 0 atom stereocenters. The van der Waals surface area contributed by atoms with E-state index in [9.17, 15) is 0 Å². The van der Waals surface area contributed by atoms with Crippen molar-refractivity contribution in [3.8, 4) is 0 Å². The molecule has 0 saturated heterocycles. The summed E-state index contributed by atoms with van der Waals surface area (Å²) in [7, 11) is 0. The lowest BCUT2D eigenvalue weighted by atomic mass is 10.0. The predicted molar refractivity (Wildman–Crippen MR) is 88.4 cm³/mol. The summed E-state index contributed by atoms with van der Waals surface area (Å²) in [5.41, 5.74) is 1.35. The molecule has 0 nitrogen and oxygen atoms in total. The minimum absolute atomic E-state index is 1.17. The van der Waals surface area contributed by atoms with Crippen molar-refractivity contribution in [3.05, 3.63) is 11.6 Å². The summed E-state index contributed by atoms with van der Waals surface area (Å²) in [6, 6.07) is 0. The zero-order valence-corrected chi connectivity index (χ0v) is 13.9. The van der Waals surface area contributed by atoms with E-state index in [1.165, 1.54) is 95.5 Å². The Morgan fingerprint density at radius 2 is 0.947 bits per heavy atom. The molecular formula is C19H37. The van der Waals surface area contributed by atoms with Gasteiger partial charge in [-0.2, -0.15) is 0 Å². The maximum atomic E-state index is 3.40. The fourth-order valence-corrected chi connectivity index (χ4v) is 2.48. The number of hydrogen-bond donors (Lipinski definition) is 0. The van der Waals surface area contributed by atoms with Crippen LogP contribution in [0.3, 0.4) is 0 Å². The molecule has 0 heteroatoms. The van der Waals surface area contributed by atoms with E-state index in [0.29, 0.717) is 0 Å². The van der Waals surface area contributed by atoms with Crippen LogP contribution in [0.4, 0.5) is 0 Å². The largest absolute Gasteiger partial charge is 0.0730 e. The van der Waals surface area contributed by atoms with Gasteiger partial charge >= 0.3 is 0 Å². The van der Waals surface area contributed by atoms with E-state index in [4.69, 9.17) is 0 Å². The van der Waals surface area contributed by atoms with Crippen LogP contribution in [0.2, 0.25) is 0 Å². The van der Waals surface area contributed by atoms with Crippen LogP contribution in [-0.4, -0.2) is 0 Å². The first kappa shape index (κ1) is 18.7. The smallest absolute Gasteiger partial charge is 0.0277 e. The summed E-state index contributed by atoms with van der Waals surface area (Å²) >= 11 is 0.